The van der Waals surface area contributed by atoms with E-state index in [2.05, 4.69) is 33.9 Å². The predicted molar refractivity (Wildman–Crippen MR) is 114 cm³/mol. The standard InChI is InChI=1S/C21H22N4O4S/c1-14(2)15-4-6-16(7-5-15)21(26)24-17-8-10-18(11-9-17)30(27,28)25-19-12-20(29-3)23-13-22-19/h4-14H,1-3H3,(H,24,26)(H,22,23,25). The van der Waals surface area contributed by atoms with Crippen LogP contribution in [0.2, 0.25) is 0 Å². The van der Waals surface area contributed by atoms with Crippen molar-refractivity contribution in [2.45, 2.75) is 24.7 Å². The van der Waals surface area contributed by atoms with Crippen LogP contribution in [0, 0.1) is 0 Å². The van der Waals surface area contributed by atoms with Gasteiger partial charge in [-0.1, -0.05) is 26.0 Å². The summed E-state index contributed by atoms with van der Waals surface area (Å²) in [4.78, 5) is 20.1. The fourth-order valence-corrected chi connectivity index (χ4v) is 3.64. The highest BCUT2D eigenvalue weighted by Gasteiger charge is 2.16. The van der Waals surface area contributed by atoms with Crippen LogP contribution in [-0.2, 0) is 10.0 Å². The maximum atomic E-state index is 12.5. The number of ether oxygens (including phenoxy) is 1. The van der Waals surface area contributed by atoms with Gasteiger partial charge in [-0.05, 0) is 47.9 Å². The van der Waals surface area contributed by atoms with Crippen molar-refractivity contribution in [2.24, 2.45) is 0 Å². The number of carbonyl (C=O) groups is 1. The van der Waals surface area contributed by atoms with Crippen molar-refractivity contribution in [3.05, 3.63) is 72.1 Å². The zero-order valence-electron chi connectivity index (χ0n) is 16.8. The molecule has 0 aliphatic heterocycles. The molecule has 2 aromatic carbocycles. The maximum absolute atomic E-state index is 12.5. The van der Waals surface area contributed by atoms with E-state index in [9.17, 15) is 13.2 Å². The summed E-state index contributed by atoms with van der Waals surface area (Å²) in [6.45, 7) is 4.17. The summed E-state index contributed by atoms with van der Waals surface area (Å²) >= 11 is 0. The molecule has 0 unspecified atom stereocenters. The van der Waals surface area contributed by atoms with Crippen LogP contribution >= 0.6 is 0 Å². The second-order valence-corrected chi connectivity index (χ2v) is 8.49. The van der Waals surface area contributed by atoms with Gasteiger partial charge in [0, 0.05) is 17.3 Å². The van der Waals surface area contributed by atoms with Gasteiger partial charge in [0.25, 0.3) is 15.9 Å². The molecule has 3 aromatic rings. The topological polar surface area (TPSA) is 110 Å². The molecule has 1 amide bonds. The summed E-state index contributed by atoms with van der Waals surface area (Å²) in [6, 6.07) is 14.6. The van der Waals surface area contributed by atoms with Gasteiger partial charge >= 0.3 is 0 Å². The molecule has 0 aliphatic rings. The normalized spacial score (nSPS) is 11.2. The van der Waals surface area contributed by atoms with E-state index in [4.69, 9.17) is 4.74 Å². The van der Waals surface area contributed by atoms with Crippen LogP contribution in [0.25, 0.3) is 0 Å². The highest BCUT2D eigenvalue weighted by molar-refractivity contribution is 7.92. The molecule has 0 aliphatic carbocycles. The van der Waals surface area contributed by atoms with Gasteiger partial charge in [0.2, 0.25) is 5.88 Å². The summed E-state index contributed by atoms with van der Waals surface area (Å²) in [6.07, 6.45) is 1.20. The van der Waals surface area contributed by atoms with E-state index < -0.39 is 10.0 Å². The van der Waals surface area contributed by atoms with Crippen molar-refractivity contribution in [2.75, 3.05) is 17.1 Å². The number of sulfonamides is 1. The predicted octanol–water partition coefficient (Wildman–Crippen LogP) is 3.66. The lowest BCUT2D eigenvalue weighted by atomic mass is 10.0. The number of anilines is 2. The Morgan fingerprint density at radius 3 is 2.27 bits per heavy atom. The number of hydrogen-bond donors (Lipinski definition) is 2. The van der Waals surface area contributed by atoms with Crippen molar-refractivity contribution < 1.29 is 17.9 Å². The highest BCUT2D eigenvalue weighted by Crippen LogP contribution is 2.20. The van der Waals surface area contributed by atoms with Crippen LogP contribution in [0.15, 0.2) is 65.8 Å². The molecular weight excluding hydrogens is 404 g/mol. The van der Waals surface area contributed by atoms with E-state index in [-0.39, 0.29) is 22.5 Å². The molecule has 0 atom stereocenters. The molecule has 0 saturated carbocycles. The molecule has 8 nitrogen and oxygen atoms in total. The molecular formula is C21H22N4O4S. The third-order valence-corrected chi connectivity index (χ3v) is 5.72. The third kappa shape index (κ3) is 5.12. The van der Waals surface area contributed by atoms with Gasteiger partial charge in [-0.2, -0.15) is 0 Å². The van der Waals surface area contributed by atoms with E-state index in [0.29, 0.717) is 17.2 Å². The van der Waals surface area contributed by atoms with Crippen LogP contribution in [0.1, 0.15) is 35.7 Å². The minimum atomic E-state index is -3.86. The van der Waals surface area contributed by atoms with E-state index in [1.807, 2.05) is 12.1 Å². The van der Waals surface area contributed by atoms with Crippen LogP contribution in [0.3, 0.4) is 0 Å². The number of amides is 1. The van der Waals surface area contributed by atoms with Crippen molar-refractivity contribution in [3.8, 4) is 5.88 Å². The first kappa shape index (κ1) is 21.3. The van der Waals surface area contributed by atoms with Gasteiger partial charge in [-0.25, -0.2) is 18.4 Å². The van der Waals surface area contributed by atoms with Crippen LogP contribution in [0.4, 0.5) is 11.5 Å². The zero-order chi connectivity index (χ0) is 21.7. The SMILES string of the molecule is COc1cc(NS(=O)(=O)c2ccc(NC(=O)c3ccc(C(C)C)cc3)cc2)ncn1. The molecule has 0 bridgehead atoms. The molecule has 9 heteroatoms. The molecule has 30 heavy (non-hydrogen) atoms. The van der Waals surface area contributed by atoms with Crippen molar-refractivity contribution in [3.63, 3.8) is 0 Å². The minimum absolute atomic E-state index is 0.0272. The van der Waals surface area contributed by atoms with E-state index in [1.165, 1.54) is 43.8 Å². The van der Waals surface area contributed by atoms with Gasteiger partial charge in [0.1, 0.15) is 12.1 Å². The third-order valence-electron chi connectivity index (χ3n) is 4.35. The Balaban J connectivity index is 1.69. The van der Waals surface area contributed by atoms with Gasteiger partial charge in [-0.15, -0.1) is 0 Å². The number of benzene rings is 2. The Kier molecular flexibility index (Phi) is 6.31. The summed E-state index contributed by atoms with van der Waals surface area (Å²) < 4.78 is 32.4. The Bertz CT molecular complexity index is 1130. The lowest BCUT2D eigenvalue weighted by Crippen LogP contribution is -2.15. The maximum Gasteiger partial charge on any atom is 0.263 e. The van der Waals surface area contributed by atoms with E-state index >= 15 is 0 Å². The van der Waals surface area contributed by atoms with Crippen molar-refractivity contribution in [1.82, 2.24) is 9.97 Å². The second-order valence-electron chi connectivity index (χ2n) is 6.81. The largest absolute Gasteiger partial charge is 0.481 e. The first-order valence-electron chi connectivity index (χ1n) is 9.19. The fourth-order valence-electron chi connectivity index (χ4n) is 2.64. The lowest BCUT2D eigenvalue weighted by Gasteiger charge is -2.10. The molecule has 0 radical (unpaired) electrons. The summed E-state index contributed by atoms with van der Waals surface area (Å²) in [5, 5.41) is 2.76. The summed E-state index contributed by atoms with van der Waals surface area (Å²) in [5.74, 6) is 0.437. The molecule has 0 fully saturated rings. The number of rotatable bonds is 7. The Morgan fingerprint density at radius 2 is 1.67 bits per heavy atom. The highest BCUT2D eigenvalue weighted by atomic mass is 32.2. The number of aromatic nitrogens is 2. The van der Waals surface area contributed by atoms with E-state index in [1.54, 1.807) is 12.1 Å². The van der Waals surface area contributed by atoms with Crippen LogP contribution in [-0.4, -0.2) is 31.4 Å². The summed E-state index contributed by atoms with van der Waals surface area (Å²) in [5.41, 5.74) is 2.15. The number of nitrogens with one attached hydrogen (secondary N) is 2. The quantitative estimate of drug-likeness (QED) is 0.597. The Hall–Kier alpha value is -3.46. The number of methoxy groups -OCH3 is 1. The van der Waals surface area contributed by atoms with Gasteiger partial charge in [0.05, 0.1) is 12.0 Å². The van der Waals surface area contributed by atoms with E-state index in [0.717, 1.165) is 5.56 Å². The first-order chi connectivity index (χ1) is 14.3. The molecule has 2 N–H and O–H groups in total. The van der Waals surface area contributed by atoms with Crippen molar-refractivity contribution >= 4 is 27.4 Å². The van der Waals surface area contributed by atoms with Gasteiger partial charge in [0.15, 0.2) is 0 Å². The Labute approximate surface area is 175 Å². The number of nitrogens with zero attached hydrogens (tertiary/aromatic N) is 2. The Morgan fingerprint density at radius 1 is 1.00 bits per heavy atom. The molecule has 1 aromatic heterocycles. The van der Waals surface area contributed by atoms with Crippen LogP contribution in [0.5, 0.6) is 5.88 Å². The minimum Gasteiger partial charge on any atom is -0.481 e. The van der Waals surface area contributed by atoms with Gasteiger partial charge < -0.3 is 10.1 Å². The molecule has 3 rings (SSSR count). The fraction of sp³-hybridized carbons (Fsp3) is 0.190. The van der Waals surface area contributed by atoms with Crippen LogP contribution < -0.4 is 14.8 Å². The number of carbonyl (C=O) groups excluding carboxylic acids is 1. The smallest absolute Gasteiger partial charge is 0.263 e. The lowest BCUT2D eigenvalue weighted by molar-refractivity contribution is 0.102. The average molecular weight is 426 g/mol. The molecule has 0 saturated heterocycles. The zero-order valence-corrected chi connectivity index (χ0v) is 17.6. The van der Waals surface area contributed by atoms with Gasteiger partial charge in [-0.3, -0.25) is 9.52 Å². The monoisotopic (exact) mass is 426 g/mol. The molecule has 156 valence electrons. The average Bonchev–Trinajstić information content (AvgIpc) is 2.74. The van der Waals surface area contributed by atoms with Crippen molar-refractivity contribution in [1.29, 1.82) is 0 Å². The second kappa shape index (κ2) is 8.91. The molecule has 0 spiro atoms. The summed E-state index contributed by atoms with van der Waals surface area (Å²) in [7, 11) is -2.43. The number of hydrogen-bond acceptors (Lipinski definition) is 6. The first-order valence-corrected chi connectivity index (χ1v) is 10.7. The molecule has 1 heterocycles.